The van der Waals surface area contributed by atoms with Crippen LogP contribution in [0, 0.1) is 6.92 Å². The third kappa shape index (κ3) is 0.543. The van der Waals surface area contributed by atoms with Gasteiger partial charge in [0.25, 0.3) is 0 Å². The molecule has 9 heavy (non-hydrogen) atoms. The number of hydrogen-bond donors (Lipinski definition) is 1. The quantitative estimate of drug-likeness (QED) is 0.553. The van der Waals surface area contributed by atoms with E-state index in [2.05, 4.69) is 9.97 Å². The smallest absolute Gasteiger partial charge is 0.134 e. The zero-order valence-corrected chi connectivity index (χ0v) is 5.13. The fourth-order valence-electron chi connectivity index (χ4n) is 0.947. The molecule has 2 aromatic rings. The second kappa shape index (κ2) is 1.37. The zero-order chi connectivity index (χ0) is 6.27. The van der Waals surface area contributed by atoms with Gasteiger partial charge in [0.1, 0.15) is 12.0 Å². The van der Waals surface area contributed by atoms with E-state index in [1.165, 1.54) is 0 Å². The summed E-state index contributed by atoms with van der Waals surface area (Å²) in [6.45, 7) is 2.02. The molecule has 2 heterocycles. The molecule has 0 atom stereocenters. The van der Waals surface area contributed by atoms with Crippen LogP contribution in [0.4, 0.5) is 0 Å². The summed E-state index contributed by atoms with van der Waals surface area (Å²) in [5.74, 6) is 0. The first-order valence-electron chi connectivity index (χ1n) is 2.83. The number of hydrogen-bond acceptors (Lipinski definition) is 1. The molecule has 1 N–H and O–H groups in total. The van der Waals surface area contributed by atoms with Crippen molar-refractivity contribution in [2.45, 2.75) is 6.92 Å². The molecule has 0 aromatic carbocycles. The fraction of sp³-hybridized carbons (Fsp3) is 0.167. The molecule has 0 amide bonds. The maximum atomic E-state index is 3.93. The lowest BCUT2D eigenvalue weighted by Gasteiger charge is -1.72. The van der Waals surface area contributed by atoms with Crippen molar-refractivity contribution in [3.05, 3.63) is 24.4 Å². The van der Waals surface area contributed by atoms with E-state index in [1.54, 1.807) is 12.5 Å². The Labute approximate surface area is 52.3 Å². The molecule has 0 saturated heterocycles. The van der Waals surface area contributed by atoms with Crippen molar-refractivity contribution >= 4 is 5.65 Å². The van der Waals surface area contributed by atoms with Crippen LogP contribution < -0.4 is 0 Å². The minimum absolute atomic E-state index is 1.05. The second-order valence-corrected chi connectivity index (χ2v) is 2.12. The summed E-state index contributed by atoms with van der Waals surface area (Å²) < 4.78 is 1.95. The molecule has 46 valence electrons. The van der Waals surface area contributed by atoms with E-state index >= 15 is 0 Å². The van der Waals surface area contributed by atoms with Crippen molar-refractivity contribution in [3.8, 4) is 0 Å². The molecule has 0 spiro atoms. The first-order valence-corrected chi connectivity index (χ1v) is 2.83. The maximum absolute atomic E-state index is 3.93. The minimum atomic E-state index is 1.05. The van der Waals surface area contributed by atoms with Crippen LogP contribution in [0.25, 0.3) is 5.65 Å². The third-order valence-electron chi connectivity index (χ3n) is 1.32. The Kier molecular flexibility index (Phi) is 0.704. The first kappa shape index (κ1) is 4.61. The molecule has 0 aliphatic carbocycles. The molecule has 0 fully saturated rings. The summed E-state index contributed by atoms with van der Waals surface area (Å²) in [6, 6.07) is 0. The number of rotatable bonds is 0. The second-order valence-electron chi connectivity index (χ2n) is 2.12. The Morgan fingerprint density at radius 1 is 1.67 bits per heavy atom. The summed E-state index contributed by atoms with van der Waals surface area (Å²) in [5, 5.41) is 0. The van der Waals surface area contributed by atoms with E-state index in [0.717, 1.165) is 11.3 Å². The van der Waals surface area contributed by atoms with Crippen LogP contribution >= 0.6 is 0 Å². The molecular formula is C6H7N3. The van der Waals surface area contributed by atoms with E-state index in [0.29, 0.717) is 0 Å². The lowest BCUT2D eigenvalue weighted by atomic mass is 10.6. The van der Waals surface area contributed by atoms with E-state index in [-0.39, 0.29) is 0 Å². The number of nitrogens with one attached hydrogen (secondary N) is 1. The topological polar surface area (TPSA) is 33.1 Å². The van der Waals surface area contributed by atoms with Crippen molar-refractivity contribution < 1.29 is 0 Å². The predicted octanol–water partition coefficient (Wildman–Crippen LogP) is 0.971. The van der Waals surface area contributed by atoms with Gasteiger partial charge in [-0.25, -0.2) is 4.98 Å². The molecule has 0 bridgehead atoms. The molecule has 0 aliphatic heterocycles. The van der Waals surface area contributed by atoms with Gasteiger partial charge < -0.3 is 4.98 Å². The van der Waals surface area contributed by atoms with Crippen LogP contribution in [0.1, 0.15) is 5.69 Å². The van der Waals surface area contributed by atoms with Crippen molar-refractivity contribution in [1.29, 1.82) is 0 Å². The van der Waals surface area contributed by atoms with Crippen LogP contribution in [0.15, 0.2) is 18.7 Å². The third-order valence-corrected chi connectivity index (χ3v) is 1.32. The van der Waals surface area contributed by atoms with Gasteiger partial charge >= 0.3 is 0 Å². The van der Waals surface area contributed by atoms with Gasteiger partial charge in [-0.2, -0.15) is 0 Å². The van der Waals surface area contributed by atoms with E-state index in [9.17, 15) is 0 Å². The number of aromatic nitrogens is 3. The van der Waals surface area contributed by atoms with Gasteiger partial charge in [0, 0.05) is 11.9 Å². The van der Waals surface area contributed by atoms with Gasteiger partial charge in [-0.1, -0.05) is 0 Å². The summed E-state index contributed by atoms with van der Waals surface area (Å²) >= 11 is 0. The summed E-state index contributed by atoms with van der Waals surface area (Å²) in [5.41, 5.74) is 2.21. The number of aryl methyl sites for hydroxylation is 1. The fourth-order valence-corrected chi connectivity index (χ4v) is 0.947. The Balaban J connectivity index is 2.92. The highest BCUT2D eigenvalue weighted by molar-refractivity contribution is 5.36. The zero-order valence-electron chi connectivity index (χ0n) is 5.13. The number of fused-ring (bicyclic) bond motifs is 1. The highest BCUT2D eigenvalue weighted by Crippen LogP contribution is 2.00. The van der Waals surface area contributed by atoms with Gasteiger partial charge in [-0.15, -0.1) is 0 Å². The van der Waals surface area contributed by atoms with Gasteiger partial charge in [0.05, 0.1) is 6.20 Å². The average molecular weight is 121 g/mol. The molecule has 3 heteroatoms. The van der Waals surface area contributed by atoms with Crippen molar-refractivity contribution in [1.82, 2.24) is 14.4 Å². The van der Waals surface area contributed by atoms with Crippen LogP contribution in [0.2, 0.25) is 0 Å². The highest BCUT2D eigenvalue weighted by Gasteiger charge is 1.92. The number of imidazole rings is 2. The van der Waals surface area contributed by atoms with E-state index in [1.807, 2.05) is 17.5 Å². The Morgan fingerprint density at radius 2 is 2.56 bits per heavy atom. The molecule has 3 nitrogen and oxygen atoms in total. The molecule has 0 saturated carbocycles. The SMILES string of the molecule is Cc1cn2cncc2[nH]1. The van der Waals surface area contributed by atoms with Crippen molar-refractivity contribution in [2.75, 3.05) is 0 Å². The molecule has 2 rings (SSSR count). The summed E-state index contributed by atoms with van der Waals surface area (Å²) in [4.78, 5) is 7.07. The Hall–Kier alpha value is -1.25. The number of aromatic amines is 1. The van der Waals surface area contributed by atoms with Crippen LogP contribution in [-0.2, 0) is 0 Å². The average Bonchev–Trinajstić information content (AvgIpc) is 2.22. The van der Waals surface area contributed by atoms with E-state index in [4.69, 9.17) is 0 Å². The lowest BCUT2D eigenvalue weighted by molar-refractivity contribution is 1.17. The maximum Gasteiger partial charge on any atom is 0.134 e. The molecule has 2 aromatic heterocycles. The predicted molar refractivity (Wildman–Crippen MR) is 34.3 cm³/mol. The van der Waals surface area contributed by atoms with E-state index < -0.39 is 0 Å². The normalized spacial score (nSPS) is 10.8. The first-order chi connectivity index (χ1) is 4.36. The van der Waals surface area contributed by atoms with Crippen LogP contribution in [0.3, 0.4) is 0 Å². The number of H-pyrrole nitrogens is 1. The minimum Gasteiger partial charge on any atom is -0.342 e. The summed E-state index contributed by atoms with van der Waals surface area (Å²) in [6.07, 6.45) is 5.58. The molecular weight excluding hydrogens is 114 g/mol. The van der Waals surface area contributed by atoms with Crippen molar-refractivity contribution in [3.63, 3.8) is 0 Å². The largest absolute Gasteiger partial charge is 0.342 e. The number of nitrogens with zero attached hydrogens (tertiary/aromatic N) is 2. The summed E-state index contributed by atoms with van der Waals surface area (Å²) in [7, 11) is 0. The van der Waals surface area contributed by atoms with Gasteiger partial charge in [0.15, 0.2) is 0 Å². The van der Waals surface area contributed by atoms with Gasteiger partial charge in [-0.3, -0.25) is 4.40 Å². The molecule has 0 aliphatic rings. The standard InChI is InChI=1S/C6H7N3/c1-5-3-9-4-7-2-6(9)8-5/h2-4,8H,1H3. The molecule has 0 radical (unpaired) electrons. The van der Waals surface area contributed by atoms with Crippen LogP contribution in [-0.4, -0.2) is 14.4 Å². The van der Waals surface area contributed by atoms with Gasteiger partial charge in [-0.05, 0) is 6.92 Å². The lowest BCUT2D eigenvalue weighted by Crippen LogP contribution is -1.68. The van der Waals surface area contributed by atoms with Crippen molar-refractivity contribution in [2.24, 2.45) is 0 Å². The monoisotopic (exact) mass is 121 g/mol. The van der Waals surface area contributed by atoms with Crippen LogP contribution in [0.5, 0.6) is 0 Å². The Bertz CT molecular complexity index is 289. The molecule has 0 unspecified atom stereocenters. The highest BCUT2D eigenvalue weighted by atomic mass is 15.1. The Morgan fingerprint density at radius 3 is 3.33 bits per heavy atom. The van der Waals surface area contributed by atoms with Gasteiger partial charge in [0.2, 0.25) is 0 Å².